The molecule has 1 heterocycles. The van der Waals surface area contributed by atoms with E-state index in [0.717, 1.165) is 0 Å². The predicted molar refractivity (Wildman–Crippen MR) is 68.3 cm³/mol. The second-order valence-electron chi connectivity index (χ2n) is 4.52. The summed E-state index contributed by atoms with van der Waals surface area (Å²) in [6, 6.07) is 12.9. The van der Waals surface area contributed by atoms with E-state index in [4.69, 9.17) is 4.74 Å². The third-order valence-corrected chi connectivity index (χ3v) is 3.27. The predicted octanol–water partition coefficient (Wildman–Crippen LogP) is 1.86. The van der Waals surface area contributed by atoms with Crippen LogP contribution in [0.5, 0.6) is 11.5 Å². The Morgan fingerprint density at radius 2 is 1.84 bits per heavy atom. The van der Waals surface area contributed by atoms with Crippen LogP contribution in [0.1, 0.15) is 15.9 Å². The van der Waals surface area contributed by atoms with Gasteiger partial charge in [-0.3, -0.25) is 4.79 Å². The lowest BCUT2D eigenvalue weighted by Crippen LogP contribution is -2.44. The molecule has 2 N–H and O–H groups in total. The van der Waals surface area contributed by atoms with Crippen molar-refractivity contribution in [2.24, 2.45) is 0 Å². The van der Waals surface area contributed by atoms with Gasteiger partial charge >= 0.3 is 0 Å². The maximum absolute atomic E-state index is 12.4. The van der Waals surface area contributed by atoms with Crippen molar-refractivity contribution in [1.82, 2.24) is 0 Å². The van der Waals surface area contributed by atoms with Crippen LogP contribution in [0.15, 0.2) is 48.5 Å². The molecular weight excluding hydrogens is 244 g/mol. The number of carbonyl (C=O) groups is 1. The summed E-state index contributed by atoms with van der Waals surface area (Å²) < 4.78 is 5.41. The van der Waals surface area contributed by atoms with Gasteiger partial charge in [0.15, 0.2) is 5.60 Å². The van der Waals surface area contributed by atoms with E-state index in [-0.39, 0.29) is 17.9 Å². The number of ketones is 1. The molecule has 1 atom stereocenters. The van der Waals surface area contributed by atoms with E-state index < -0.39 is 11.4 Å². The van der Waals surface area contributed by atoms with Crippen molar-refractivity contribution in [3.05, 3.63) is 59.7 Å². The molecule has 1 aliphatic rings. The van der Waals surface area contributed by atoms with Crippen LogP contribution in [0, 0.1) is 0 Å². The Morgan fingerprint density at radius 3 is 2.58 bits per heavy atom. The second-order valence-corrected chi connectivity index (χ2v) is 4.52. The molecule has 0 amide bonds. The standard InChI is InChI=1S/C15H12O4/c16-11-6-7-12-13(8-11)19-9-15(18,14(12)17)10-4-2-1-3-5-10/h1-8,16,18H,9H2. The lowest BCUT2D eigenvalue weighted by Gasteiger charge is -2.32. The molecule has 19 heavy (non-hydrogen) atoms. The average Bonchev–Trinajstić information content (AvgIpc) is 2.44. The lowest BCUT2D eigenvalue weighted by atomic mass is 9.84. The maximum Gasteiger partial charge on any atom is 0.206 e. The number of hydrogen-bond acceptors (Lipinski definition) is 4. The first-order valence-corrected chi connectivity index (χ1v) is 5.90. The minimum absolute atomic E-state index is 0.0247. The van der Waals surface area contributed by atoms with Crippen molar-refractivity contribution >= 4 is 5.78 Å². The van der Waals surface area contributed by atoms with Crippen LogP contribution in [0.25, 0.3) is 0 Å². The van der Waals surface area contributed by atoms with Crippen molar-refractivity contribution in [2.45, 2.75) is 5.60 Å². The van der Waals surface area contributed by atoms with E-state index in [9.17, 15) is 15.0 Å². The first-order valence-electron chi connectivity index (χ1n) is 5.90. The van der Waals surface area contributed by atoms with Crippen molar-refractivity contribution in [3.8, 4) is 11.5 Å². The molecule has 0 aromatic heterocycles. The maximum atomic E-state index is 12.4. The second kappa shape index (κ2) is 4.10. The first kappa shape index (κ1) is 11.7. The van der Waals surface area contributed by atoms with Crippen LogP contribution in [0.4, 0.5) is 0 Å². The highest BCUT2D eigenvalue weighted by Gasteiger charge is 2.43. The smallest absolute Gasteiger partial charge is 0.206 e. The summed E-state index contributed by atoms with van der Waals surface area (Å²) in [5.41, 5.74) is -0.903. The summed E-state index contributed by atoms with van der Waals surface area (Å²) in [5, 5.41) is 20.0. The molecule has 0 radical (unpaired) electrons. The van der Waals surface area contributed by atoms with Gasteiger partial charge in [-0.25, -0.2) is 0 Å². The number of Topliss-reactive ketones (excluding diaryl/α,β-unsaturated/α-hetero) is 1. The van der Waals surface area contributed by atoms with Gasteiger partial charge in [0.1, 0.15) is 18.1 Å². The number of ether oxygens (including phenoxy) is 1. The Balaban J connectivity index is 2.09. The molecule has 2 aromatic rings. The number of fused-ring (bicyclic) bond motifs is 1. The zero-order chi connectivity index (χ0) is 13.5. The van der Waals surface area contributed by atoms with Gasteiger partial charge < -0.3 is 14.9 Å². The van der Waals surface area contributed by atoms with Crippen molar-refractivity contribution in [3.63, 3.8) is 0 Å². The Morgan fingerprint density at radius 1 is 1.11 bits per heavy atom. The fraction of sp³-hybridized carbons (Fsp3) is 0.133. The van der Waals surface area contributed by atoms with E-state index in [1.807, 2.05) is 6.07 Å². The van der Waals surface area contributed by atoms with E-state index in [0.29, 0.717) is 11.3 Å². The summed E-state index contributed by atoms with van der Waals surface area (Å²) in [4.78, 5) is 12.4. The SMILES string of the molecule is O=C1c2ccc(O)cc2OCC1(O)c1ccccc1. The molecule has 1 aliphatic heterocycles. The molecule has 4 heteroatoms. The molecule has 4 nitrogen and oxygen atoms in total. The zero-order valence-electron chi connectivity index (χ0n) is 10.0. The Kier molecular flexibility index (Phi) is 2.54. The van der Waals surface area contributed by atoms with Gasteiger partial charge in [-0.1, -0.05) is 30.3 Å². The number of rotatable bonds is 1. The van der Waals surface area contributed by atoms with Crippen LogP contribution < -0.4 is 4.74 Å². The normalized spacial score (nSPS) is 21.6. The fourth-order valence-electron chi connectivity index (χ4n) is 2.22. The molecule has 0 fully saturated rings. The Bertz CT molecular complexity index is 636. The van der Waals surface area contributed by atoms with Gasteiger partial charge in [-0.2, -0.15) is 0 Å². The highest BCUT2D eigenvalue weighted by atomic mass is 16.5. The summed E-state index contributed by atoms with van der Waals surface area (Å²) >= 11 is 0. The molecule has 0 saturated heterocycles. The van der Waals surface area contributed by atoms with Crippen LogP contribution in [0.3, 0.4) is 0 Å². The number of aliphatic hydroxyl groups is 1. The van der Waals surface area contributed by atoms with Gasteiger partial charge in [0.05, 0.1) is 5.56 Å². The highest BCUT2D eigenvalue weighted by molar-refractivity contribution is 6.06. The van der Waals surface area contributed by atoms with Gasteiger partial charge in [0, 0.05) is 6.07 Å². The molecule has 0 bridgehead atoms. The topological polar surface area (TPSA) is 66.8 Å². The van der Waals surface area contributed by atoms with Gasteiger partial charge in [0.25, 0.3) is 0 Å². The van der Waals surface area contributed by atoms with Crippen LogP contribution >= 0.6 is 0 Å². The molecule has 0 saturated carbocycles. The number of phenols is 1. The largest absolute Gasteiger partial charge is 0.508 e. The monoisotopic (exact) mass is 256 g/mol. The average molecular weight is 256 g/mol. The van der Waals surface area contributed by atoms with Crippen LogP contribution in [-0.2, 0) is 5.60 Å². The number of aromatic hydroxyl groups is 1. The molecule has 0 aliphatic carbocycles. The number of benzene rings is 2. The molecule has 0 spiro atoms. The minimum atomic E-state index is -1.68. The van der Waals surface area contributed by atoms with Crippen molar-refractivity contribution < 1.29 is 19.7 Å². The Hall–Kier alpha value is -2.33. The molecule has 3 rings (SSSR count). The first-order chi connectivity index (χ1) is 9.11. The summed E-state index contributed by atoms with van der Waals surface area (Å²) in [7, 11) is 0. The lowest BCUT2D eigenvalue weighted by molar-refractivity contribution is -0.00510. The van der Waals surface area contributed by atoms with E-state index >= 15 is 0 Å². The van der Waals surface area contributed by atoms with Gasteiger partial charge in [0.2, 0.25) is 5.78 Å². The van der Waals surface area contributed by atoms with E-state index in [1.165, 1.54) is 18.2 Å². The van der Waals surface area contributed by atoms with Gasteiger partial charge in [-0.15, -0.1) is 0 Å². The third kappa shape index (κ3) is 1.77. The minimum Gasteiger partial charge on any atom is -0.508 e. The van der Waals surface area contributed by atoms with Crippen molar-refractivity contribution in [2.75, 3.05) is 6.61 Å². The quantitative estimate of drug-likeness (QED) is 0.817. The van der Waals surface area contributed by atoms with E-state index in [2.05, 4.69) is 0 Å². The highest BCUT2D eigenvalue weighted by Crippen LogP contribution is 2.36. The number of carbonyl (C=O) groups excluding carboxylic acids is 1. The zero-order valence-corrected chi connectivity index (χ0v) is 10.0. The summed E-state index contributed by atoms with van der Waals surface area (Å²) in [6.07, 6.45) is 0. The van der Waals surface area contributed by atoms with Crippen LogP contribution in [-0.4, -0.2) is 22.6 Å². The van der Waals surface area contributed by atoms with Gasteiger partial charge in [-0.05, 0) is 17.7 Å². The van der Waals surface area contributed by atoms with Crippen molar-refractivity contribution in [1.29, 1.82) is 0 Å². The fourth-order valence-corrected chi connectivity index (χ4v) is 2.22. The molecular formula is C15H12O4. The van der Waals surface area contributed by atoms with Crippen LogP contribution in [0.2, 0.25) is 0 Å². The molecule has 2 aromatic carbocycles. The van der Waals surface area contributed by atoms with E-state index in [1.54, 1.807) is 24.3 Å². The third-order valence-electron chi connectivity index (χ3n) is 3.27. The summed E-state index contributed by atoms with van der Waals surface area (Å²) in [6.45, 7) is -0.160. The summed E-state index contributed by atoms with van der Waals surface area (Å²) in [5.74, 6) is -0.0951. The molecule has 96 valence electrons. The number of hydrogen-bond donors (Lipinski definition) is 2. The number of phenolic OH excluding ortho intramolecular Hbond substituents is 1. The Labute approximate surface area is 109 Å². The molecule has 1 unspecified atom stereocenters.